The van der Waals surface area contributed by atoms with Crippen molar-refractivity contribution in [3.8, 4) is 0 Å². The maximum absolute atomic E-state index is 12.4. The van der Waals surface area contributed by atoms with E-state index in [0.717, 1.165) is 13.1 Å². The van der Waals surface area contributed by atoms with E-state index < -0.39 is 4.92 Å². The van der Waals surface area contributed by atoms with Crippen molar-refractivity contribution in [3.63, 3.8) is 0 Å². The normalized spacial score (nSPS) is 14.5. The number of carbonyl (C=O) groups excluding carboxylic acids is 2. The zero-order chi connectivity index (χ0) is 22.0. The number of likely N-dealkylation sites (N-methyl/N-ethyl adjacent to an activating group) is 1. The van der Waals surface area contributed by atoms with Crippen LogP contribution in [0.4, 0.5) is 20.7 Å². The Morgan fingerprint density at radius 1 is 1.16 bits per heavy atom. The minimum Gasteiger partial charge on any atom is -0.322 e. The summed E-state index contributed by atoms with van der Waals surface area (Å²) < 4.78 is 0.618. The molecule has 1 fully saturated rings. The number of benzene rings is 1. The van der Waals surface area contributed by atoms with E-state index in [0.29, 0.717) is 39.3 Å². The van der Waals surface area contributed by atoms with Crippen LogP contribution >= 0.6 is 22.7 Å². The number of hydrogen-bond donors (Lipinski definition) is 2. The molecule has 3 aromatic rings. The van der Waals surface area contributed by atoms with Gasteiger partial charge < -0.3 is 15.1 Å². The highest BCUT2D eigenvalue weighted by Crippen LogP contribution is 2.29. The van der Waals surface area contributed by atoms with E-state index in [9.17, 15) is 19.7 Å². The highest BCUT2D eigenvalue weighted by Gasteiger charge is 2.20. The lowest BCUT2D eigenvalue weighted by atomic mass is 10.3. The van der Waals surface area contributed by atoms with Gasteiger partial charge in [-0.3, -0.25) is 20.2 Å². The predicted molar refractivity (Wildman–Crippen MR) is 119 cm³/mol. The summed E-state index contributed by atoms with van der Waals surface area (Å²) in [7, 11) is 2.02. The molecule has 0 spiro atoms. The van der Waals surface area contributed by atoms with Gasteiger partial charge in [0.1, 0.15) is 0 Å². The number of carbonyl (C=O) groups is 2. The fourth-order valence-corrected chi connectivity index (χ4v) is 4.65. The molecule has 31 heavy (non-hydrogen) atoms. The van der Waals surface area contributed by atoms with Crippen LogP contribution in [0.3, 0.4) is 0 Å². The fourth-order valence-electron chi connectivity index (χ4n) is 3.03. The zero-order valence-corrected chi connectivity index (χ0v) is 18.2. The van der Waals surface area contributed by atoms with Crippen molar-refractivity contribution in [2.24, 2.45) is 0 Å². The van der Waals surface area contributed by atoms with Crippen LogP contribution in [0.25, 0.3) is 10.2 Å². The van der Waals surface area contributed by atoms with Gasteiger partial charge in [0.2, 0.25) is 5.91 Å². The Hall–Kier alpha value is -3.16. The molecule has 1 aromatic carbocycles. The average molecular weight is 462 g/mol. The Bertz CT molecular complexity index is 1140. The molecule has 0 saturated carbocycles. The highest BCUT2D eigenvalue weighted by atomic mass is 32.1. The maximum Gasteiger partial charge on any atom is 0.323 e. The molecule has 1 aliphatic rings. The first kappa shape index (κ1) is 21.1. The van der Waals surface area contributed by atoms with Crippen LogP contribution in [0.15, 0.2) is 23.6 Å². The van der Waals surface area contributed by atoms with Gasteiger partial charge in [0.25, 0.3) is 5.69 Å². The van der Waals surface area contributed by atoms with Crippen molar-refractivity contribution in [1.82, 2.24) is 19.8 Å². The van der Waals surface area contributed by atoms with Crippen LogP contribution < -0.4 is 10.6 Å². The van der Waals surface area contributed by atoms with Crippen molar-refractivity contribution in [1.29, 1.82) is 0 Å². The Morgan fingerprint density at radius 2 is 1.94 bits per heavy atom. The van der Waals surface area contributed by atoms with Crippen molar-refractivity contribution in [3.05, 3.63) is 39.4 Å². The first-order chi connectivity index (χ1) is 14.9. The molecule has 2 N–H and O–H groups in total. The van der Waals surface area contributed by atoms with Gasteiger partial charge in [-0.05, 0) is 13.1 Å². The van der Waals surface area contributed by atoms with E-state index in [4.69, 9.17) is 0 Å². The first-order valence-electron chi connectivity index (χ1n) is 9.41. The lowest BCUT2D eigenvalue weighted by Crippen LogP contribution is -2.48. The number of amides is 3. The Morgan fingerprint density at radius 3 is 2.68 bits per heavy atom. The van der Waals surface area contributed by atoms with E-state index >= 15 is 0 Å². The topological polar surface area (TPSA) is 134 Å². The molecule has 0 unspecified atom stereocenters. The summed E-state index contributed by atoms with van der Waals surface area (Å²) in [4.78, 5) is 47.6. The second-order valence-corrected chi connectivity index (χ2v) is 8.91. The van der Waals surface area contributed by atoms with Gasteiger partial charge >= 0.3 is 6.03 Å². The SMILES string of the molecule is CN1CCN(C(=O)Nc2nc(CC(=O)Nc3nc4ccc([N+](=O)[O-])cc4s3)cs2)CC1. The number of nitrogens with one attached hydrogen (secondary N) is 2. The van der Waals surface area contributed by atoms with Crippen molar-refractivity contribution >= 4 is 60.8 Å². The molecule has 0 bridgehead atoms. The molecule has 1 aliphatic heterocycles. The van der Waals surface area contributed by atoms with Crippen molar-refractivity contribution < 1.29 is 14.5 Å². The summed E-state index contributed by atoms with van der Waals surface area (Å²) in [6.07, 6.45) is 0.0248. The van der Waals surface area contributed by atoms with Gasteiger partial charge in [-0.15, -0.1) is 11.3 Å². The summed E-state index contributed by atoms with van der Waals surface area (Å²) in [6.45, 7) is 2.98. The van der Waals surface area contributed by atoms with E-state index in [1.807, 2.05) is 7.05 Å². The molecule has 11 nitrogen and oxygen atoms in total. The fraction of sp³-hybridized carbons (Fsp3) is 0.333. The summed E-state index contributed by atoms with van der Waals surface area (Å²) >= 11 is 2.43. The minimum absolute atomic E-state index is 0.0248. The summed E-state index contributed by atoms with van der Waals surface area (Å²) in [5, 5.41) is 18.9. The third-order valence-electron chi connectivity index (χ3n) is 4.73. The second-order valence-electron chi connectivity index (χ2n) is 7.02. The van der Waals surface area contributed by atoms with Crippen LogP contribution in [0, 0.1) is 10.1 Å². The number of piperazine rings is 1. The average Bonchev–Trinajstić information content (AvgIpc) is 3.33. The number of rotatable bonds is 5. The number of nitro groups is 1. The van der Waals surface area contributed by atoms with E-state index in [2.05, 4.69) is 25.5 Å². The molecule has 1 saturated heterocycles. The molecule has 162 valence electrons. The lowest BCUT2D eigenvalue weighted by molar-refractivity contribution is -0.384. The standard InChI is InChI=1S/C18H19N7O4S2/c1-23-4-6-24(7-5-23)18(27)22-16-19-11(10-30-16)8-15(26)21-17-20-13-3-2-12(25(28)29)9-14(13)31-17/h2-3,9-10H,4-8H2,1H3,(H,19,22,27)(H,20,21,26). The molecule has 0 radical (unpaired) electrons. The molecule has 2 aromatic heterocycles. The minimum atomic E-state index is -0.472. The zero-order valence-electron chi connectivity index (χ0n) is 16.5. The number of urea groups is 1. The number of non-ortho nitro benzene ring substituents is 1. The number of nitrogens with zero attached hydrogens (tertiary/aromatic N) is 5. The Labute approximate surface area is 184 Å². The Balaban J connectivity index is 1.33. The van der Waals surface area contributed by atoms with Crippen molar-refractivity contribution in [2.75, 3.05) is 43.9 Å². The number of thiazole rings is 2. The van der Waals surface area contributed by atoms with Crippen LogP contribution in [0.1, 0.15) is 5.69 Å². The smallest absolute Gasteiger partial charge is 0.322 e. The molecule has 0 atom stereocenters. The summed E-state index contributed by atoms with van der Waals surface area (Å²) in [5.41, 5.74) is 1.09. The number of fused-ring (bicyclic) bond motifs is 1. The highest BCUT2D eigenvalue weighted by molar-refractivity contribution is 7.22. The maximum atomic E-state index is 12.4. The first-order valence-corrected chi connectivity index (χ1v) is 11.1. The van der Waals surface area contributed by atoms with Gasteiger partial charge in [-0.2, -0.15) is 0 Å². The van der Waals surface area contributed by atoms with Gasteiger partial charge in [-0.1, -0.05) is 11.3 Å². The van der Waals surface area contributed by atoms with Gasteiger partial charge in [0, 0.05) is 43.7 Å². The molecule has 3 heterocycles. The van der Waals surface area contributed by atoms with Crippen molar-refractivity contribution in [2.45, 2.75) is 6.42 Å². The number of nitro benzene ring substituents is 1. The van der Waals surface area contributed by atoms with Crippen LogP contribution in [-0.4, -0.2) is 69.9 Å². The molecule has 3 amide bonds. The number of hydrogen-bond acceptors (Lipinski definition) is 9. The molecule has 13 heteroatoms. The van der Waals surface area contributed by atoms with E-state index in [-0.39, 0.29) is 24.0 Å². The molecule has 0 aliphatic carbocycles. The van der Waals surface area contributed by atoms with Gasteiger partial charge in [0.15, 0.2) is 10.3 Å². The van der Waals surface area contributed by atoms with E-state index in [1.54, 1.807) is 16.3 Å². The number of anilines is 2. The van der Waals surface area contributed by atoms with Crippen LogP contribution in [-0.2, 0) is 11.2 Å². The third-order valence-corrected chi connectivity index (χ3v) is 6.47. The van der Waals surface area contributed by atoms with E-state index in [1.165, 1.54) is 34.8 Å². The Kier molecular flexibility index (Phi) is 6.06. The second kappa shape index (κ2) is 8.91. The molecule has 4 rings (SSSR count). The monoisotopic (exact) mass is 461 g/mol. The molecular formula is C18H19N7O4S2. The van der Waals surface area contributed by atoms with Gasteiger partial charge in [0.05, 0.1) is 27.3 Å². The summed E-state index contributed by atoms with van der Waals surface area (Å²) in [6, 6.07) is 4.16. The molecular weight excluding hydrogens is 442 g/mol. The van der Waals surface area contributed by atoms with Gasteiger partial charge in [-0.25, -0.2) is 14.8 Å². The predicted octanol–water partition coefficient (Wildman–Crippen LogP) is 2.62. The largest absolute Gasteiger partial charge is 0.323 e. The van der Waals surface area contributed by atoms with Crippen LogP contribution in [0.2, 0.25) is 0 Å². The lowest BCUT2D eigenvalue weighted by Gasteiger charge is -2.32. The number of aromatic nitrogens is 2. The quantitative estimate of drug-likeness (QED) is 0.441. The summed E-state index contributed by atoms with van der Waals surface area (Å²) in [5.74, 6) is -0.309. The van der Waals surface area contributed by atoms with Crippen LogP contribution in [0.5, 0.6) is 0 Å². The third kappa shape index (κ3) is 5.13.